The van der Waals surface area contributed by atoms with Crippen molar-refractivity contribution in [3.8, 4) is 23.6 Å². The van der Waals surface area contributed by atoms with Crippen molar-refractivity contribution in [2.24, 2.45) is 0 Å². The maximum atomic E-state index is 14.5. The molecule has 0 spiro atoms. The zero-order chi connectivity index (χ0) is 78.8. The number of alkyl halides is 4. The van der Waals surface area contributed by atoms with Crippen LogP contribution in [0.2, 0.25) is 0 Å². The number of benzene rings is 2. The number of likely N-dealkylation sites (tertiary alicyclic amines) is 2. The number of carboxylic acids is 4. The highest BCUT2D eigenvalue weighted by atomic mass is 19.3. The molecule has 38 heteroatoms. The molecule has 3 atom stereocenters. The van der Waals surface area contributed by atoms with E-state index in [2.05, 4.69) is 31.2 Å². The molecule has 4 saturated heterocycles. The molecule has 4 fully saturated rings. The smallest absolute Gasteiger partial charge is 0.320 e. The van der Waals surface area contributed by atoms with Crippen LogP contribution in [0.15, 0.2) is 60.9 Å². The number of hydrogen-bond acceptors (Lipinski definition) is 23. The maximum absolute atomic E-state index is 14.5. The second kappa shape index (κ2) is 40.6. The minimum absolute atomic E-state index is 0.00518. The van der Waals surface area contributed by atoms with Gasteiger partial charge in [0.15, 0.2) is 0 Å². The summed E-state index contributed by atoms with van der Waals surface area (Å²) < 4.78 is 68.0. The van der Waals surface area contributed by atoms with Crippen LogP contribution < -0.4 is 30.7 Å². The van der Waals surface area contributed by atoms with Crippen LogP contribution in [0.25, 0.3) is 21.8 Å². The van der Waals surface area contributed by atoms with E-state index in [-0.39, 0.29) is 173 Å². The number of aliphatic carboxylic acids is 4. The van der Waals surface area contributed by atoms with Crippen molar-refractivity contribution < 1.29 is 100 Å². The highest BCUT2D eigenvalue weighted by Gasteiger charge is 2.48. The fourth-order valence-corrected chi connectivity index (χ4v) is 13.2. The molecular formula is C71H91F4N17O17. The molecule has 34 nitrogen and oxygen atoms in total. The number of carboxylic acid groups (broad SMARTS) is 4. The average Bonchev–Trinajstić information content (AvgIpc) is 1.78. The third-order valence-electron chi connectivity index (χ3n) is 19.0. The Morgan fingerprint density at radius 3 is 1.25 bits per heavy atom. The topological polar surface area (TPSA) is 438 Å². The largest absolute Gasteiger partial charge is 0.494 e. The summed E-state index contributed by atoms with van der Waals surface area (Å²) in [5.74, 6) is -14.6. The van der Waals surface area contributed by atoms with Gasteiger partial charge in [0.05, 0.1) is 106 Å². The van der Waals surface area contributed by atoms with E-state index in [1.165, 1.54) is 24.5 Å². The zero-order valence-corrected chi connectivity index (χ0v) is 60.2. The number of pyridine rings is 2. The first-order chi connectivity index (χ1) is 52.1. The van der Waals surface area contributed by atoms with Crippen molar-refractivity contribution in [3.63, 3.8) is 0 Å². The second-order valence-electron chi connectivity index (χ2n) is 27.1. The lowest BCUT2D eigenvalue weighted by Crippen LogP contribution is -2.52. The Balaban J connectivity index is 0.856. The van der Waals surface area contributed by atoms with Crippen molar-refractivity contribution >= 4 is 87.0 Å². The quantitative estimate of drug-likeness (QED) is 0.0233. The Kier molecular flexibility index (Phi) is 31.3. The number of halogens is 4. The Morgan fingerprint density at radius 1 is 0.495 bits per heavy atom. The molecule has 4 aromatic rings. The van der Waals surface area contributed by atoms with E-state index < -0.39 is 135 Å². The Bertz CT molecular complexity index is 3780. The molecule has 8 rings (SSSR count). The van der Waals surface area contributed by atoms with Crippen LogP contribution in [0.5, 0.6) is 11.5 Å². The number of nitriles is 2. The van der Waals surface area contributed by atoms with Crippen LogP contribution in [0.3, 0.4) is 0 Å². The molecule has 109 heavy (non-hydrogen) atoms. The first-order valence-electron chi connectivity index (χ1n) is 35.8. The van der Waals surface area contributed by atoms with E-state index >= 15 is 0 Å². The van der Waals surface area contributed by atoms with Crippen LogP contribution in [-0.2, 0) is 43.2 Å². The molecule has 0 bridgehead atoms. The molecule has 0 saturated carbocycles. The summed E-state index contributed by atoms with van der Waals surface area (Å²) in [5.41, 5.74) is 1.12. The number of unbranched alkanes of at least 4 members (excludes halogenated alkanes) is 2. The van der Waals surface area contributed by atoms with Gasteiger partial charge in [-0.3, -0.25) is 92.1 Å². The summed E-state index contributed by atoms with van der Waals surface area (Å²) in [7, 11) is 0. The number of hydrogen-bond donors (Lipinski definition) is 8. The van der Waals surface area contributed by atoms with Crippen molar-refractivity contribution in [1.82, 2.24) is 75.3 Å². The summed E-state index contributed by atoms with van der Waals surface area (Å²) in [6, 6.07) is 12.1. The van der Waals surface area contributed by atoms with Gasteiger partial charge in [-0.15, -0.1) is 0 Å². The van der Waals surface area contributed by atoms with Gasteiger partial charge in [-0.25, -0.2) is 17.6 Å². The molecule has 4 aliphatic heterocycles. The molecule has 8 N–H and O–H groups in total. The lowest BCUT2D eigenvalue weighted by Gasteiger charge is -2.35. The minimum atomic E-state index is -3.23. The minimum Gasteiger partial charge on any atom is -0.494 e. The van der Waals surface area contributed by atoms with Crippen LogP contribution in [-0.4, -0.2) is 347 Å². The van der Waals surface area contributed by atoms with Gasteiger partial charge in [0.25, 0.3) is 23.7 Å². The summed E-state index contributed by atoms with van der Waals surface area (Å²) in [6.07, 6.45) is 2.60. The fraction of sp³-hybridized carbons (Fsp3) is 0.563. The molecule has 0 aliphatic carbocycles. The first kappa shape index (κ1) is 84.1. The number of carbonyl (C=O) groups is 11. The highest BCUT2D eigenvalue weighted by molar-refractivity contribution is 6.08. The Morgan fingerprint density at radius 2 is 0.872 bits per heavy atom. The predicted octanol–water partition coefficient (Wildman–Crippen LogP) is 0.168. The van der Waals surface area contributed by atoms with Crippen molar-refractivity contribution in [2.75, 3.05) is 177 Å². The van der Waals surface area contributed by atoms with E-state index in [4.69, 9.17) is 9.47 Å². The second-order valence-corrected chi connectivity index (χ2v) is 27.1. The molecule has 0 radical (unpaired) electrons. The van der Waals surface area contributed by atoms with Gasteiger partial charge in [-0.2, -0.15) is 10.5 Å². The summed E-state index contributed by atoms with van der Waals surface area (Å²) in [6.45, 7) is -2.01. The molecule has 2 aromatic heterocycles. The van der Waals surface area contributed by atoms with E-state index in [0.717, 1.165) is 9.80 Å². The van der Waals surface area contributed by atoms with Gasteiger partial charge in [0.2, 0.25) is 29.5 Å². The van der Waals surface area contributed by atoms with E-state index in [0.29, 0.717) is 59.0 Å². The standard InChI is InChI=1S/C71H91F4N17O17/c72-70(73)35-48(37-76)91(46-70)62(96)39-82-67(104)52-11-15-78-56-7-5-50(33-54(52)56)108-31-3-1-13-80-59(93)41-84-17-18-85(42-60(94)81-14-2-4-32-109-51-6-8-57-55(34-51)53(12-16-79-57)68(105)83-40-63(97)92-47-71(74,75)36-49(92)38-77)26-30-90(29-25-84)61(95)10-9-58(69(106)107)89-27-23-87(44-65(100)101)21-19-86(43-64(98)99)20-22-88(24-28-89)45-66(102)103/h5-8,11-12,15-16,33-34,48-49,58H,1-4,9-10,13-14,17-32,35-36,39-47H2,(H,80,93)(H,81,94)(H,82,104)(H,83,105)(H,98,99)(H,100,101)(H,102,103)(H,106,107)/t48-,49-,58?/m0/s1. The Hall–Kier alpha value is -10.5. The number of ether oxygens (including phenoxy) is 2. The van der Waals surface area contributed by atoms with Gasteiger partial charge < -0.3 is 65.9 Å². The SMILES string of the molecule is N#C[C@@H]1CC(F)(F)CN1C(=O)CNC(=O)c1ccnc2ccc(OCCCCNC(=O)CN3CCN(CC(=O)NCCCCOc4ccc5nccc(C(=O)NCC(=O)N6CC(F)(F)C[C@H]6C#N)c5c4)CCN(C(=O)CCC(C(=O)O)N4CCN(CC(=O)O)CCN(CC(=O)O)CCN(CC(=O)O)CC4)CC3)cc12. The number of fused-ring (bicyclic) bond motifs is 2. The van der Waals surface area contributed by atoms with Gasteiger partial charge in [0, 0.05) is 147 Å². The molecule has 6 heterocycles. The molecule has 2 aromatic carbocycles. The zero-order valence-electron chi connectivity index (χ0n) is 60.2. The fourth-order valence-electron chi connectivity index (χ4n) is 13.2. The molecular weight excluding hydrogens is 1440 g/mol. The summed E-state index contributed by atoms with van der Waals surface area (Å²) in [5, 5.41) is 70.0. The lowest BCUT2D eigenvalue weighted by molar-refractivity contribution is -0.145. The maximum Gasteiger partial charge on any atom is 0.320 e. The molecule has 590 valence electrons. The average molecular weight is 1530 g/mol. The first-order valence-corrected chi connectivity index (χ1v) is 35.8. The molecule has 7 amide bonds. The van der Waals surface area contributed by atoms with Crippen LogP contribution >= 0.6 is 0 Å². The van der Waals surface area contributed by atoms with Crippen molar-refractivity contribution in [1.29, 1.82) is 10.5 Å². The van der Waals surface area contributed by atoms with Gasteiger partial charge in [-0.05, 0) is 80.6 Å². The lowest BCUT2D eigenvalue weighted by atomic mass is 10.1. The van der Waals surface area contributed by atoms with Crippen LogP contribution in [0.4, 0.5) is 17.6 Å². The van der Waals surface area contributed by atoms with Gasteiger partial charge in [0.1, 0.15) is 29.6 Å². The summed E-state index contributed by atoms with van der Waals surface area (Å²) >= 11 is 0. The van der Waals surface area contributed by atoms with Gasteiger partial charge >= 0.3 is 23.9 Å². The number of aromatic nitrogens is 2. The number of rotatable bonds is 33. The van der Waals surface area contributed by atoms with E-state index in [1.54, 1.807) is 73.0 Å². The van der Waals surface area contributed by atoms with Gasteiger partial charge in [-0.1, -0.05) is 0 Å². The normalized spacial score (nSPS) is 19.0. The van der Waals surface area contributed by atoms with Crippen LogP contribution in [0.1, 0.15) is 72.1 Å². The number of nitrogens with zero attached hydrogens (tertiary/aromatic N) is 13. The molecule has 1 unspecified atom stereocenters. The highest BCUT2D eigenvalue weighted by Crippen LogP contribution is 2.33. The summed E-state index contributed by atoms with van der Waals surface area (Å²) in [4.78, 5) is 164. The Labute approximate surface area is 624 Å². The van der Waals surface area contributed by atoms with Crippen LogP contribution in [0, 0.1) is 22.7 Å². The third-order valence-corrected chi connectivity index (χ3v) is 19.0. The third kappa shape index (κ3) is 26.4. The number of nitrogens with one attached hydrogen (secondary N) is 4. The number of amides is 7. The predicted molar refractivity (Wildman–Crippen MR) is 379 cm³/mol. The number of carbonyl (C=O) groups excluding carboxylic acids is 7. The monoisotopic (exact) mass is 1530 g/mol. The van der Waals surface area contributed by atoms with E-state index in [9.17, 15) is 101 Å². The van der Waals surface area contributed by atoms with E-state index in [1.807, 2.05) is 9.80 Å². The van der Waals surface area contributed by atoms with Crippen molar-refractivity contribution in [2.45, 2.75) is 81.3 Å². The van der Waals surface area contributed by atoms with Crippen molar-refractivity contribution in [3.05, 3.63) is 72.1 Å². The molecule has 4 aliphatic rings.